The first kappa shape index (κ1) is 20.7. The Morgan fingerprint density at radius 1 is 1.13 bits per heavy atom. The van der Waals surface area contributed by atoms with E-state index in [0.29, 0.717) is 18.5 Å². The lowest BCUT2D eigenvalue weighted by Gasteiger charge is -2.20. The molecule has 6 nitrogen and oxygen atoms in total. The van der Waals surface area contributed by atoms with E-state index < -0.39 is 5.97 Å². The number of amides is 2. The van der Waals surface area contributed by atoms with Crippen LogP contribution in [-0.4, -0.2) is 35.0 Å². The van der Waals surface area contributed by atoms with Crippen molar-refractivity contribution in [3.05, 3.63) is 71.6 Å². The molecule has 2 aromatic carbocycles. The Morgan fingerprint density at radius 2 is 1.87 bits per heavy atom. The molecule has 4 rings (SSSR count). The van der Waals surface area contributed by atoms with E-state index in [1.807, 2.05) is 48.5 Å². The molecule has 0 radical (unpaired) electrons. The van der Waals surface area contributed by atoms with E-state index in [1.165, 1.54) is 0 Å². The third-order valence-corrected chi connectivity index (χ3v) is 5.55. The van der Waals surface area contributed by atoms with Crippen LogP contribution in [0.5, 0.6) is 0 Å². The minimum atomic E-state index is -0.447. The highest BCUT2D eigenvalue weighted by Gasteiger charge is 2.27. The van der Waals surface area contributed by atoms with E-state index >= 15 is 0 Å². The minimum Gasteiger partial charge on any atom is -0.462 e. The first-order valence-electron chi connectivity index (χ1n) is 10.6. The van der Waals surface area contributed by atoms with E-state index in [2.05, 4.69) is 24.1 Å². The Kier molecular flexibility index (Phi) is 5.80. The van der Waals surface area contributed by atoms with Gasteiger partial charge in [0.15, 0.2) is 0 Å². The lowest BCUT2D eigenvalue weighted by molar-refractivity contribution is -0.136. The summed E-state index contributed by atoms with van der Waals surface area (Å²) in [6.07, 6.45) is 2.23. The van der Waals surface area contributed by atoms with Crippen LogP contribution in [0.15, 0.2) is 54.7 Å². The molecular formula is C25H27N3O3. The van der Waals surface area contributed by atoms with Gasteiger partial charge in [0.05, 0.1) is 17.9 Å². The quantitative estimate of drug-likeness (QED) is 0.567. The van der Waals surface area contributed by atoms with Gasteiger partial charge in [-0.1, -0.05) is 50.2 Å². The molecule has 6 heteroatoms. The Balaban J connectivity index is 1.70. The van der Waals surface area contributed by atoms with Gasteiger partial charge in [-0.05, 0) is 42.5 Å². The minimum absolute atomic E-state index is 0.264. The molecule has 2 N–H and O–H groups in total. The summed E-state index contributed by atoms with van der Waals surface area (Å²) < 4.78 is 5.30. The van der Waals surface area contributed by atoms with Gasteiger partial charge in [0.2, 0.25) is 0 Å². The molecule has 0 unspecified atom stereocenters. The number of anilines is 1. The van der Waals surface area contributed by atoms with Gasteiger partial charge in [-0.25, -0.2) is 9.59 Å². The van der Waals surface area contributed by atoms with Gasteiger partial charge in [-0.2, -0.15) is 0 Å². The van der Waals surface area contributed by atoms with Gasteiger partial charge in [-0.3, -0.25) is 4.90 Å². The van der Waals surface area contributed by atoms with Crippen molar-refractivity contribution in [2.45, 2.75) is 33.1 Å². The summed E-state index contributed by atoms with van der Waals surface area (Å²) in [5.74, 6) is -0.171. The number of benzene rings is 2. The summed E-state index contributed by atoms with van der Waals surface area (Å²) >= 11 is 0. The van der Waals surface area contributed by atoms with E-state index in [0.717, 1.165) is 33.4 Å². The number of urea groups is 1. The smallest absolute Gasteiger partial charge is 0.341 e. The summed E-state index contributed by atoms with van der Waals surface area (Å²) in [5.41, 5.74) is 4.91. The van der Waals surface area contributed by atoms with Crippen molar-refractivity contribution >= 4 is 34.2 Å². The number of hydrogen-bond acceptors (Lipinski definition) is 3. The highest BCUT2D eigenvalue weighted by atomic mass is 16.5. The topological polar surface area (TPSA) is 74.4 Å². The first-order chi connectivity index (χ1) is 15.0. The zero-order chi connectivity index (χ0) is 22.0. The molecule has 0 saturated heterocycles. The molecule has 0 aliphatic carbocycles. The van der Waals surface area contributed by atoms with E-state index in [9.17, 15) is 9.59 Å². The molecule has 2 heterocycles. The lowest BCUT2D eigenvalue weighted by Crippen LogP contribution is -2.32. The van der Waals surface area contributed by atoms with Crippen LogP contribution in [0.2, 0.25) is 0 Å². The molecule has 1 aromatic heterocycles. The second-order valence-corrected chi connectivity index (χ2v) is 7.90. The monoisotopic (exact) mass is 417 g/mol. The van der Waals surface area contributed by atoms with Crippen LogP contribution in [0.25, 0.3) is 16.5 Å². The molecule has 0 bridgehead atoms. The standard InChI is InChI=1S/C25H27N3O3/c1-4-31-24(29)20-15-28(25(30)27-21-11-7-5-9-17(21)16(2)3)14-13-19-18-10-6-8-12-22(18)26-23(19)20/h5-12,15-16,26H,4,13-14H2,1-3H3,(H,27,30). The number of aromatic amines is 1. The number of hydrogen-bond donors (Lipinski definition) is 2. The maximum Gasteiger partial charge on any atom is 0.341 e. The molecule has 0 saturated carbocycles. The number of carbonyl (C=O) groups is 2. The fourth-order valence-corrected chi connectivity index (χ4v) is 4.03. The van der Waals surface area contributed by atoms with Crippen molar-refractivity contribution < 1.29 is 14.3 Å². The summed E-state index contributed by atoms with van der Waals surface area (Å²) in [5, 5.41) is 4.07. The Labute approximate surface area is 181 Å². The van der Waals surface area contributed by atoms with Crippen molar-refractivity contribution in [2.24, 2.45) is 0 Å². The van der Waals surface area contributed by atoms with Crippen molar-refractivity contribution in [1.82, 2.24) is 9.88 Å². The van der Waals surface area contributed by atoms with Crippen LogP contribution in [0.1, 0.15) is 43.5 Å². The molecule has 0 atom stereocenters. The predicted octanol–water partition coefficient (Wildman–Crippen LogP) is 5.29. The average molecular weight is 418 g/mol. The molecular weight excluding hydrogens is 390 g/mol. The highest BCUT2D eigenvalue weighted by Crippen LogP contribution is 2.32. The maximum atomic E-state index is 13.2. The van der Waals surface area contributed by atoms with Gasteiger partial charge in [0, 0.05) is 29.3 Å². The maximum absolute atomic E-state index is 13.2. The number of carbonyl (C=O) groups excluding carboxylic acids is 2. The van der Waals surface area contributed by atoms with Crippen molar-refractivity contribution in [1.29, 1.82) is 0 Å². The SMILES string of the molecule is CCOC(=O)C1=CN(C(=O)Nc2ccccc2C(C)C)CCc2c1[nH]c1ccccc21. The molecule has 3 aromatic rings. The fraction of sp³-hybridized carbons (Fsp3) is 0.280. The summed E-state index contributed by atoms with van der Waals surface area (Å²) in [6, 6.07) is 15.5. The molecule has 160 valence electrons. The second-order valence-electron chi connectivity index (χ2n) is 7.90. The number of nitrogens with zero attached hydrogens (tertiary/aromatic N) is 1. The normalized spacial score (nSPS) is 13.5. The number of nitrogens with one attached hydrogen (secondary N) is 2. The third kappa shape index (κ3) is 4.06. The van der Waals surface area contributed by atoms with Crippen LogP contribution >= 0.6 is 0 Å². The predicted molar refractivity (Wildman–Crippen MR) is 123 cm³/mol. The molecule has 31 heavy (non-hydrogen) atoms. The van der Waals surface area contributed by atoms with Gasteiger partial charge in [-0.15, -0.1) is 0 Å². The number of fused-ring (bicyclic) bond motifs is 3. The number of ether oxygens (including phenoxy) is 1. The average Bonchev–Trinajstić information content (AvgIpc) is 3.01. The number of H-pyrrole nitrogens is 1. The number of aromatic nitrogens is 1. The summed E-state index contributed by atoms with van der Waals surface area (Å²) in [4.78, 5) is 30.9. The molecule has 1 aliphatic heterocycles. The fourth-order valence-electron chi connectivity index (χ4n) is 4.03. The van der Waals surface area contributed by atoms with Gasteiger partial charge < -0.3 is 15.0 Å². The Hall–Kier alpha value is -3.54. The third-order valence-electron chi connectivity index (χ3n) is 5.55. The second kappa shape index (κ2) is 8.68. The van der Waals surface area contributed by atoms with Crippen LogP contribution in [0.4, 0.5) is 10.5 Å². The Bertz CT molecular complexity index is 1160. The molecule has 1 aliphatic rings. The lowest BCUT2D eigenvalue weighted by atomic mass is 10.0. The van der Waals surface area contributed by atoms with Gasteiger partial charge in [0.1, 0.15) is 0 Å². The van der Waals surface area contributed by atoms with Gasteiger partial charge >= 0.3 is 12.0 Å². The van der Waals surface area contributed by atoms with E-state index in [1.54, 1.807) is 18.0 Å². The molecule has 2 amide bonds. The van der Waals surface area contributed by atoms with Crippen molar-refractivity contribution in [3.8, 4) is 0 Å². The molecule has 0 fully saturated rings. The van der Waals surface area contributed by atoms with Crippen molar-refractivity contribution in [3.63, 3.8) is 0 Å². The number of para-hydroxylation sites is 2. The van der Waals surface area contributed by atoms with E-state index in [-0.39, 0.29) is 18.6 Å². The number of esters is 1. The van der Waals surface area contributed by atoms with Crippen LogP contribution in [0.3, 0.4) is 0 Å². The van der Waals surface area contributed by atoms with Gasteiger partial charge in [0.25, 0.3) is 0 Å². The highest BCUT2D eigenvalue weighted by molar-refractivity contribution is 6.18. The van der Waals surface area contributed by atoms with Crippen LogP contribution in [0, 0.1) is 0 Å². The zero-order valence-electron chi connectivity index (χ0n) is 18.1. The molecule has 0 spiro atoms. The Morgan fingerprint density at radius 3 is 2.65 bits per heavy atom. The van der Waals surface area contributed by atoms with Crippen LogP contribution < -0.4 is 5.32 Å². The summed E-state index contributed by atoms with van der Waals surface area (Å²) in [6.45, 7) is 6.67. The first-order valence-corrected chi connectivity index (χ1v) is 10.6. The van der Waals surface area contributed by atoms with Crippen molar-refractivity contribution in [2.75, 3.05) is 18.5 Å². The number of rotatable bonds is 4. The largest absolute Gasteiger partial charge is 0.462 e. The summed E-state index contributed by atoms with van der Waals surface area (Å²) in [7, 11) is 0. The van der Waals surface area contributed by atoms with E-state index in [4.69, 9.17) is 4.74 Å². The van der Waals surface area contributed by atoms with Crippen LogP contribution in [-0.2, 0) is 16.0 Å². The zero-order valence-corrected chi connectivity index (χ0v) is 18.1.